The highest BCUT2D eigenvalue weighted by molar-refractivity contribution is 5.85. The normalized spacial score (nSPS) is 24.1. The third-order valence-electron chi connectivity index (χ3n) is 6.51. The second kappa shape index (κ2) is 9.36. The number of hydrogen-bond donors (Lipinski definition) is 2. The molecule has 3 atom stereocenters. The van der Waals surface area contributed by atoms with E-state index in [9.17, 15) is 4.79 Å². The number of rotatable bonds is 7. The second-order valence-electron chi connectivity index (χ2n) is 8.55. The van der Waals surface area contributed by atoms with Crippen LogP contribution in [0.1, 0.15) is 31.1 Å². The molecule has 5 rings (SSSR count). The average molecular weight is 436 g/mol. The summed E-state index contributed by atoms with van der Waals surface area (Å²) in [5, 5.41) is 4.79. The SMILES string of the molecule is COc1nc2ccccc2cc1-c1cnc([C@@H]2C[C@@H](N[C@H]3CCOC3)CCN2CC=O)[nH]1. The van der Waals surface area contributed by atoms with Crippen molar-refractivity contribution in [2.45, 2.75) is 37.4 Å². The summed E-state index contributed by atoms with van der Waals surface area (Å²) in [6.07, 6.45) is 5.77. The van der Waals surface area contributed by atoms with Crippen molar-refractivity contribution in [3.8, 4) is 17.1 Å². The molecule has 0 amide bonds. The zero-order chi connectivity index (χ0) is 21.9. The van der Waals surface area contributed by atoms with Gasteiger partial charge in [0.25, 0.3) is 0 Å². The van der Waals surface area contributed by atoms with Crippen LogP contribution in [-0.4, -0.2) is 71.6 Å². The molecule has 0 radical (unpaired) electrons. The number of ether oxygens (including phenoxy) is 2. The number of nitrogens with zero attached hydrogens (tertiary/aromatic N) is 3. The summed E-state index contributed by atoms with van der Waals surface area (Å²) in [6, 6.07) is 10.9. The first-order valence-electron chi connectivity index (χ1n) is 11.3. The quantitative estimate of drug-likeness (QED) is 0.551. The van der Waals surface area contributed by atoms with Crippen molar-refractivity contribution in [1.29, 1.82) is 0 Å². The van der Waals surface area contributed by atoms with Gasteiger partial charge in [-0.05, 0) is 31.4 Å². The maximum Gasteiger partial charge on any atom is 0.223 e. The van der Waals surface area contributed by atoms with E-state index < -0.39 is 0 Å². The molecule has 1 aromatic carbocycles. The van der Waals surface area contributed by atoms with Gasteiger partial charge < -0.3 is 24.6 Å². The Morgan fingerprint density at radius 1 is 1.31 bits per heavy atom. The number of fused-ring (bicyclic) bond motifs is 1. The molecule has 2 aliphatic heterocycles. The van der Waals surface area contributed by atoms with Gasteiger partial charge in [0.1, 0.15) is 12.1 Å². The fourth-order valence-electron chi connectivity index (χ4n) is 4.85. The molecule has 0 aliphatic carbocycles. The fraction of sp³-hybridized carbons (Fsp3) is 0.458. The van der Waals surface area contributed by atoms with E-state index in [0.717, 1.165) is 73.3 Å². The second-order valence-corrected chi connectivity index (χ2v) is 8.55. The number of piperidine rings is 1. The van der Waals surface area contributed by atoms with E-state index >= 15 is 0 Å². The molecule has 0 bridgehead atoms. The molecule has 0 saturated carbocycles. The molecular formula is C24H29N5O3. The van der Waals surface area contributed by atoms with E-state index in [2.05, 4.69) is 26.3 Å². The number of imidazole rings is 1. The van der Waals surface area contributed by atoms with Gasteiger partial charge in [0.05, 0.1) is 49.3 Å². The highest BCUT2D eigenvalue weighted by Gasteiger charge is 2.33. The maximum absolute atomic E-state index is 11.3. The molecule has 2 aliphatic rings. The minimum absolute atomic E-state index is 0.0435. The molecule has 8 nitrogen and oxygen atoms in total. The number of nitrogens with one attached hydrogen (secondary N) is 2. The molecule has 2 saturated heterocycles. The molecule has 0 spiro atoms. The number of aromatic amines is 1. The number of benzene rings is 1. The van der Waals surface area contributed by atoms with Gasteiger partial charge in [-0.1, -0.05) is 18.2 Å². The lowest BCUT2D eigenvalue weighted by Crippen LogP contribution is -2.48. The van der Waals surface area contributed by atoms with Gasteiger partial charge in [0.2, 0.25) is 5.88 Å². The van der Waals surface area contributed by atoms with Crippen LogP contribution in [0.2, 0.25) is 0 Å². The maximum atomic E-state index is 11.3. The minimum atomic E-state index is 0.0435. The van der Waals surface area contributed by atoms with E-state index in [0.29, 0.717) is 24.5 Å². The van der Waals surface area contributed by atoms with E-state index in [1.165, 1.54) is 0 Å². The number of aromatic nitrogens is 3. The molecule has 2 N–H and O–H groups in total. The van der Waals surface area contributed by atoms with Gasteiger partial charge in [-0.25, -0.2) is 9.97 Å². The number of hydrogen-bond acceptors (Lipinski definition) is 7. The van der Waals surface area contributed by atoms with Gasteiger partial charge in [-0.15, -0.1) is 0 Å². The average Bonchev–Trinajstić information content (AvgIpc) is 3.52. The van der Waals surface area contributed by atoms with Crippen molar-refractivity contribution >= 4 is 17.2 Å². The Hall–Kier alpha value is -2.81. The Bertz CT molecular complexity index is 1080. The van der Waals surface area contributed by atoms with Gasteiger partial charge in [0, 0.05) is 30.6 Å². The predicted molar refractivity (Wildman–Crippen MR) is 122 cm³/mol. The van der Waals surface area contributed by atoms with Crippen LogP contribution in [0.3, 0.4) is 0 Å². The molecule has 2 aromatic heterocycles. The Balaban J connectivity index is 1.42. The van der Waals surface area contributed by atoms with Crippen molar-refractivity contribution in [2.75, 3.05) is 33.4 Å². The largest absolute Gasteiger partial charge is 0.480 e. The summed E-state index contributed by atoms with van der Waals surface area (Å²) in [5.74, 6) is 1.43. The van der Waals surface area contributed by atoms with Crippen LogP contribution in [-0.2, 0) is 9.53 Å². The third kappa shape index (κ3) is 4.26. The van der Waals surface area contributed by atoms with E-state index in [1.807, 2.05) is 30.5 Å². The van der Waals surface area contributed by atoms with Crippen molar-refractivity contribution < 1.29 is 14.3 Å². The lowest BCUT2D eigenvalue weighted by atomic mass is 9.95. The molecular weight excluding hydrogens is 406 g/mol. The van der Waals surface area contributed by atoms with E-state index in [-0.39, 0.29) is 6.04 Å². The van der Waals surface area contributed by atoms with Crippen LogP contribution in [0.5, 0.6) is 5.88 Å². The first-order valence-corrected chi connectivity index (χ1v) is 11.3. The number of methoxy groups -OCH3 is 1. The van der Waals surface area contributed by atoms with Gasteiger partial charge >= 0.3 is 0 Å². The summed E-state index contributed by atoms with van der Waals surface area (Å²) >= 11 is 0. The van der Waals surface area contributed by atoms with Crippen molar-refractivity contribution in [2.24, 2.45) is 0 Å². The number of carbonyl (C=O) groups is 1. The van der Waals surface area contributed by atoms with Crippen LogP contribution in [0.25, 0.3) is 22.2 Å². The van der Waals surface area contributed by atoms with Crippen LogP contribution in [0, 0.1) is 0 Å². The van der Waals surface area contributed by atoms with Gasteiger partial charge in [0.15, 0.2) is 0 Å². The van der Waals surface area contributed by atoms with E-state index in [1.54, 1.807) is 7.11 Å². The van der Waals surface area contributed by atoms with Crippen LogP contribution < -0.4 is 10.1 Å². The fourth-order valence-corrected chi connectivity index (χ4v) is 4.85. The molecule has 2 fully saturated rings. The lowest BCUT2D eigenvalue weighted by Gasteiger charge is -2.38. The first kappa shape index (κ1) is 21.1. The van der Waals surface area contributed by atoms with E-state index in [4.69, 9.17) is 14.5 Å². The van der Waals surface area contributed by atoms with Gasteiger partial charge in [-0.2, -0.15) is 0 Å². The highest BCUT2D eigenvalue weighted by Crippen LogP contribution is 2.34. The third-order valence-corrected chi connectivity index (χ3v) is 6.51. The summed E-state index contributed by atoms with van der Waals surface area (Å²) in [5.41, 5.74) is 2.63. The summed E-state index contributed by atoms with van der Waals surface area (Å²) in [7, 11) is 1.63. The van der Waals surface area contributed by atoms with Gasteiger partial charge in [-0.3, -0.25) is 4.90 Å². The Morgan fingerprint density at radius 2 is 2.22 bits per heavy atom. The summed E-state index contributed by atoms with van der Waals surface area (Å²) in [6.45, 7) is 2.86. The number of carbonyl (C=O) groups excluding carboxylic acids is 1. The number of H-pyrrole nitrogens is 1. The smallest absolute Gasteiger partial charge is 0.223 e. The Labute approximate surface area is 187 Å². The van der Waals surface area contributed by atoms with Crippen LogP contribution in [0.4, 0.5) is 0 Å². The van der Waals surface area contributed by atoms with Crippen LogP contribution >= 0.6 is 0 Å². The Kier molecular flexibility index (Phi) is 6.16. The predicted octanol–water partition coefficient (Wildman–Crippen LogP) is 2.72. The van der Waals surface area contributed by atoms with Crippen LogP contribution in [0.15, 0.2) is 36.5 Å². The Morgan fingerprint density at radius 3 is 3.03 bits per heavy atom. The lowest BCUT2D eigenvalue weighted by molar-refractivity contribution is -0.109. The monoisotopic (exact) mass is 435 g/mol. The first-order chi connectivity index (χ1) is 15.7. The summed E-state index contributed by atoms with van der Waals surface area (Å²) in [4.78, 5) is 26.4. The number of likely N-dealkylation sites (tertiary alicyclic amines) is 1. The number of aldehydes is 1. The topological polar surface area (TPSA) is 92.4 Å². The molecule has 0 unspecified atom stereocenters. The molecule has 8 heteroatoms. The van der Waals surface area contributed by atoms with Crippen molar-refractivity contribution in [3.63, 3.8) is 0 Å². The molecule has 32 heavy (non-hydrogen) atoms. The number of para-hydroxylation sites is 1. The molecule has 168 valence electrons. The molecule has 3 aromatic rings. The molecule has 4 heterocycles. The zero-order valence-electron chi connectivity index (χ0n) is 18.3. The standard InChI is InChI=1S/C24H29N5O3/c1-31-24-19(12-16-4-2-3-5-20(16)28-24)21-14-25-23(27-21)22-13-17(6-8-29(22)9-10-30)26-18-7-11-32-15-18/h2-5,10,12,14,17-18,22,26H,6-9,11,13,15H2,1H3,(H,25,27)/t17-,18-,22-/m0/s1. The number of pyridine rings is 1. The van der Waals surface area contributed by atoms with Crippen molar-refractivity contribution in [3.05, 3.63) is 42.4 Å². The zero-order valence-corrected chi connectivity index (χ0v) is 18.3. The highest BCUT2D eigenvalue weighted by atomic mass is 16.5. The van der Waals surface area contributed by atoms with Crippen molar-refractivity contribution in [1.82, 2.24) is 25.2 Å². The summed E-state index contributed by atoms with van der Waals surface area (Å²) < 4.78 is 11.1. The minimum Gasteiger partial charge on any atom is -0.480 e.